The summed E-state index contributed by atoms with van der Waals surface area (Å²) in [6.45, 7) is 3.44. The van der Waals surface area contributed by atoms with Crippen molar-refractivity contribution in [1.82, 2.24) is 4.98 Å². The second kappa shape index (κ2) is 5.29. The molecule has 0 radical (unpaired) electrons. The monoisotopic (exact) mass is 261 g/mol. The van der Waals surface area contributed by atoms with Crippen LogP contribution in [0.15, 0.2) is 29.6 Å². The zero-order chi connectivity index (χ0) is 13.1. The number of carbonyl (C=O) groups excluding carboxylic acids is 1. The molecule has 0 bridgehead atoms. The van der Waals surface area contributed by atoms with Gasteiger partial charge in [-0.05, 0) is 24.6 Å². The van der Waals surface area contributed by atoms with Gasteiger partial charge in [0.05, 0.1) is 6.04 Å². The van der Waals surface area contributed by atoms with Crippen molar-refractivity contribution in [1.29, 1.82) is 0 Å². The lowest BCUT2D eigenvalue weighted by Crippen LogP contribution is -2.12. The van der Waals surface area contributed by atoms with Gasteiger partial charge in [0.15, 0.2) is 0 Å². The lowest BCUT2D eigenvalue weighted by Gasteiger charge is -2.10. The van der Waals surface area contributed by atoms with Gasteiger partial charge in [-0.1, -0.05) is 12.1 Å². The Kier molecular flexibility index (Phi) is 3.74. The fourth-order valence-corrected chi connectivity index (χ4v) is 2.46. The quantitative estimate of drug-likeness (QED) is 0.891. The smallest absolute Gasteiger partial charge is 0.221 e. The molecule has 2 rings (SSSR count). The van der Waals surface area contributed by atoms with Crippen LogP contribution in [0.2, 0.25) is 0 Å². The van der Waals surface area contributed by atoms with Crippen LogP contribution in [0.1, 0.15) is 29.2 Å². The standard InChI is InChI=1S/C13H15N3OS/c1-8-7-18-13(15-8)12(14)10-3-5-11(6-4-10)16-9(2)17/h3-7,12H,14H2,1-2H3,(H,16,17). The number of amides is 1. The van der Waals surface area contributed by atoms with Crippen molar-refractivity contribution >= 4 is 22.9 Å². The number of hydrogen-bond donors (Lipinski definition) is 2. The molecule has 18 heavy (non-hydrogen) atoms. The molecule has 1 heterocycles. The number of nitrogens with one attached hydrogen (secondary N) is 1. The molecular formula is C13H15N3OS. The van der Waals surface area contributed by atoms with Crippen LogP contribution >= 0.6 is 11.3 Å². The van der Waals surface area contributed by atoms with Crippen LogP contribution in [0.3, 0.4) is 0 Å². The second-order valence-corrected chi connectivity index (χ2v) is 5.00. The third-order valence-electron chi connectivity index (χ3n) is 2.49. The molecule has 0 spiro atoms. The molecule has 1 aromatic carbocycles. The molecule has 4 nitrogen and oxygen atoms in total. The molecule has 0 saturated carbocycles. The van der Waals surface area contributed by atoms with Crippen LogP contribution in [0, 0.1) is 6.92 Å². The second-order valence-electron chi connectivity index (χ2n) is 4.11. The molecule has 94 valence electrons. The third-order valence-corrected chi connectivity index (χ3v) is 3.54. The van der Waals surface area contributed by atoms with Crippen LogP contribution in [-0.2, 0) is 4.79 Å². The molecule has 1 unspecified atom stereocenters. The highest BCUT2D eigenvalue weighted by atomic mass is 32.1. The summed E-state index contributed by atoms with van der Waals surface area (Å²) in [5.74, 6) is -0.0809. The fraction of sp³-hybridized carbons (Fsp3) is 0.231. The van der Waals surface area contributed by atoms with Gasteiger partial charge in [0.1, 0.15) is 5.01 Å². The summed E-state index contributed by atoms with van der Waals surface area (Å²) in [7, 11) is 0. The zero-order valence-electron chi connectivity index (χ0n) is 10.3. The molecule has 3 N–H and O–H groups in total. The van der Waals surface area contributed by atoms with Crippen LogP contribution in [0.4, 0.5) is 5.69 Å². The maximum absolute atomic E-state index is 10.9. The lowest BCUT2D eigenvalue weighted by molar-refractivity contribution is -0.114. The first-order chi connectivity index (χ1) is 8.56. The Morgan fingerprint density at radius 1 is 1.39 bits per heavy atom. The van der Waals surface area contributed by atoms with E-state index >= 15 is 0 Å². The number of carbonyl (C=O) groups is 1. The molecule has 1 aromatic heterocycles. The predicted octanol–water partition coefficient (Wildman–Crippen LogP) is 2.46. The van der Waals surface area contributed by atoms with E-state index in [2.05, 4.69) is 10.3 Å². The number of benzene rings is 1. The molecule has 5 heteroatoms. The van der Waals surface area contributed by atoms with Gasteiger partial charge < -0.3 is 11.1 Å². The highest BCUT2D eigenvalue weighted by Gasteiger charge is 2.12. The molecule has 2 aromatic rings. The maximum atomic E-state index is 10.9. The molecule has 0 fully saturated rings. The molecule has 0 aliphatic carbocycles. The van der Waals surface area contributed by atoms with Crippen molar-refractivity contribution in [3.8, 4) is 0 Å². The Hall–Kier alpha value is -1.72. The molecule has 0 aliphatic rings. The van der Waals surface area contributed by atoms with Crippen LogP contribution in [-0.4, -0.2) is 10.9 Å². The van der Waals surface area contributed by atoms with Crippen LogP contribution < -0.4 is 11.1 Å². The highest BCUT2D eigenvalue weighted by molar-refractivity contribution is 7.09. The summed E-state index contributed by atoms with van der Waals surface area (Å²) in [5.41, 5.74) is 8.88. The average Bonchev–Trinajstić information content (AvgIpc) is 2.75. The first-order valence-electron chi connectivity index (χ1n) is 5.61. The summed E-state index contributed by atoms with van der Waals surface area (Å²) in [6.07, 6.45) is 0. The Morgan fingerprint density at radius 3 is 2.56 bits per heavy atom. The summed E-state index contributed by atoms with van der Waals surface area (Å²) in [4.78, 5) is 15.3. The number of nitrogens with two attached hydrogens (primary N) is 1. The highest BCUT2D eigenvalue weighted by Crippen LogP contribution is 2.23. The van der Waals surface area contributed by atoms with E-state index in [1.165, 1.54) is 6.92 Å². The van der Waals surface area contributed by atoms with E-state index in [4.69, 9.17) is 5.73 Å². The van der Waals surface area contributed by atoms with Gasteiger partial charge in [-0.3, -0.25) is 4.79 Å². The van der Waals surface area contributed by atoms with E-state index in [1.54, 1.807) is 11.3 Å². The largest absolute Gasteiger partial charge is 0.326 e. The van der Waals surface area contributed by atoms with Crippen molar-refractivity contribution in [2.75, 3.05) is 5.32 Å². The SMILES string of the molecule is CC(=O)Nc1ccc(C(N)c2nc(C)cs2)cc1. The third kappa shape index (κ3) is 2.94. The Bertz CT molecular complexity index is 548. The number of rotatable bonds is 3. The van der Waals surface area contributed by atoms with Gasteiger partial charge in [-0.15, -0.1) is 11.3 Å². The van der Waals surface area contributed by atoms with E-state index < -0.39 is 0 Å². The molecule has 1 amide bonds. The number of anilines is 1. The first-order valence-corrected chi connectivity index (χ1v) is 6.49. The number of nitrogens with zero attached hydrogens (tertiary/aromatic N) is 1. The van der Waals surface area contributed by atoms with Gasteiger partial charge in [0.2, 0.25) is 5.91 Å². The minimum Gasteiger partial charge on any atom is -0.326 e. The van der Waals surface area contributed by atoms with Gasteiger partial charge in [0.25, 0.3) is 0 Å². The van der Waals surface area contributed by atoms with Gasteiger partial charge >= 0.3 is 0 Å². The van der Waals surface area contributed by atoms with E-state index in [-0.39, 0.29) is 11.9 Å². The minimum atomic E-state index is -0.213. The first kappa shape index (κ1) is 12.7. The van der Waals surface area contributed by atoms with Crippen LogP contribution in [0.5, 0.6) is 0 Å². The molecule has 0 saturated heterocycles. The maximum Gasteiger partial charge on any atom is 0.221 e. The molecule has 0 aliphatic heterocycles. The van der Waals surface area contributed by atoms with E-state index in [9.17, 15) is 4.79 Å². The lowest BCUT2D eigenvalue weighted by atomic mass is 10.1. The Balaban J connectivity index is 2.16. The Labute approximate surface area is 110 Å². The summed E-state index contributed by atoms with van der Waals surface area (Å²) >= 11 is 1.56. The summed E-state index contributed by atoms with van der Waals surface area (Å²) in [5, 5.41) is 5.61. The number of aryl methyl sites for hydroxylation is 1. The fourth-order valence-electron chi connectivity index (χ4n) is 1.63. The van der Waals surface area contributed by atoms with Crippen molar-refractivity contribution in [3.05, 3.63) is 45.9 Å². The average molecular weight is 261 g/mol. The van der Waals surface area contributed by atoms with E-state index in [0.29, 0.717) is 0 Å². The summed E-state index contributed by atoms with van der Waals surface area (Å²) in [6, 6.07) is 7.29. The van der Waals surface area contributed by atoms with Crippen molar-refractivity contribution in [2.24, 2.45) is 5.73 Å². The van der Waals surface area contributed by atoms with Crippen molar-refractivity contribution < 1.29 is 4.79 Å². The van der Waals surface area contributed by atoms with Crippen molar-refractivity contribution in [2.45, 2.75) is 19.9 Å². The zero-order valence-corrected chi connectivity index (χ0v) is 11.1. The predicted molar refractivity (Wildman–Crippen MR) is 73.6 cm³/mol. The summed E-state index contributed by atoms with van der Waals surface area (Å²) < 4.78 is 0. The van der Waals surface area contributed by atoms with Gasteiger partial charge in [-0.25, -0.2) is 4.98 Å². The number of aromatic nitrogens is 1. The molecular weight excluding hydrogens is 246 g/mol. The number of thiazole rings is 1. The minimum absolute atomic E-state index is 0.0809. The van der Waals surface area contributed by atoms with Gasteiger partial charge in [0, 0.05) is 23.7 Å². The Morgan fingerprint density at radius 2 is 2.06 bits per heavy atom. The molecule has 1 atom stereocenters. The topological polar surface area (TPSA) is 68.0 Å². The van der Waals surface area contributed by atoms with Crippen molar-refractivity contribution in [3.63, 3.8) is 0 Å². The normalized spacial score (nSPS) is 12.2. The van der Waals surface area contributed by atoms with Gasteiger partial charge in [-0.2, -0.15) is 0 Å². The van der Waals surface area contributed by atoms with E-state index in [1.807, 2.05) is 36.6 Å². The van der Waals surface area contributed by atoms with Crippen LogP contribution in [0.25, 0.3) is 0 Å². The number of hydrogen-bond acceptors (Lipinski definition) is 4. The van der Waals surface area contributed by atoms with E-state index in [0.717, 1.165) is 22.0 Å².